The van der Waals surface area contributed by atoms with Crippen molar-refractivity contribution in [2.45, 2.75) is 13.2 Å². The van der Waals surface area contributed by atoms with Gasteiger partial charge in [0, 0.05) is 37.7 Å². The van der Waals surface area contributed by atoms with Crippen molar-refractivity contribution >= 4 is 0 Å². The van der Waals surface area contributed by atoms with Crippen molar-refractivity contribution in [2.75, 3.05) is 7.11 Å². The van der Waals surface area contributed by atoms with Gasteiger partial charge in [-0.05, 0) is 0 Å². The molecule has 2 aromatic heterocycles. The fraction of sp³-hybridized carbons (Fsp3) is 0.273. The van der Waals surface area contributed by atoms with Gasteiger partial charge in [0.2, 0.25) is 0 Å². The first kappa shape index (κ1) is 10.6. The van der Waals surface area contributed by atoms with E-state index in [1.54, 1.807) is 19.5 Å². The zero-order chi connectivity index (χ0) is 11.4. The Morgan fingerprint density at radius 1 is 1.44 bits per heavy atom. The molecular weight excluding hydrogens is 208 g/mol. The van der Waals surface area contributed by atoms with Gasteiger partial charge in [-0.15, -0.1) is 0 Å². The van der Waals surface area contributed by atoms with Crippen LogP contribution < -0.4 is 5.43 Å². The van der Waals surface area contributed by atoms with Crippen molar-refractivity contribution in [2.24, 2.45) is 0 Å². The van der Waals surface area contributed by atoms with Crippen molar-refractivity contribution < 1.29 is 9.26 Å². The van der Waals surface area contributed by atoms with Gasteiger partial charge in [-0.3, -0.25) is 4.79 Å². The van der Waals surface area contributed by atoms with Crippen LogP contribution in [0, 0.1) is 0 Å². The van der Waals surface area contributed by atoms with Gasteiger partial charge in [-0.25, -0.2) is 0 Å². The molecule has 0 saturated carbocycles. The molecule has 0 fully saturated rings. The van der Waals surface area contributed by atoms with Crippen LogP contribution in [-0.4, -0.2) is 16.8 Å². The lowest BCUT2D eigenvalue weighted by Gasteiger charge is -2.00. The van der Waals surface area contributed by atoms with E-state index in [0.717, 1.165) is 5.69 Å². The Labute approximate surface area is 92.3 Å². The van der Waals surface area contributed by atoms with Crippen molar-refractivity contribution in [3.63, 3.8) is 0 Å². The topological polar surface area (TPSA) is 57.3 Å². The van der Waals surface area contributed by atoms with Crippen LogP contribution in [0.3, 0.4) is 0 Å². The minimum atomic E-state index is -0.00326. The molecule has 0 aliphatic heterocycles. The number of aromatic nitrogens is 2. The number of hydrogen-bond acceptors (Lipinski definition) is 4. The lowest BCUT2D eigenvalue weighted by molar-refractivity contribution is 0.155. The minimum absolute atomic E-state index is 0.00326. The summed E-state index contributed by atoms with van der Waals surface area (Å²) in [7, 11) is 1.60. The van der Waals surface area contributed by atoms with Gasteiger partial charge in [0.05, 0.1) is 6.54 Å². The summed E-state index contributed by atoms with van der Waals surface area (Å²) in [5, 5.41) is 3.90. The van der Waals surface area contributed by atoms with E-state index >= 15 is 0 Å². The predicted octanol–water partition coefficient (Wildman–Crippen LogP) is 1.03. The smallest absolute Gasteiger partial charge is 0.181 e. The third-order valence-corrected chi connectivity index (χ3v) is 2.10. The molecule has 5 heteroatoms. The van der Waals surface area contributed by atoms with Gasteiger partial charge < -0.3 is 13.8 Å². The normalized spacial score (nSPS) is 10.6. The van der Waals surface area contributed by atoms with E-state index in [2.05, 4.69) is 5.16 Å². The van der Waals surface area contributed by atoms with Crippen LogP contribution in [0.4, 0.5) is 0 Å². The van der Waals surface area contributed by atoms with Crippen molar-refractivity contribution in [3.05, 3.63) is 52.3 Å². The summed E-state index contributed by atoms with van der Waals surface area (Å²) >= 11 is 0. The highest BCUT2D eigenvalue weighted by atomic mass is 16.5. The largest absolute Gasteiger partial charge is 0.377 e. The van der Waals surface area contributed by atoms with E-state index in [-0.39, 0.29) is 5.43 Å². The van der Waals surface area contributed by atoms with Crippen LogP contribution in [0.15, 0.2) is 39.9 Å². The molecule has 0 unspecified atom stereocenters. The zero-order valence-corrected chi connectivity index (χ0v) is 8.92. The maximum absolute atomic E-state index is 10.9. The zero-order valence-electron chi connectivity index (χ0n) is 8.92. The highest BCUT2D eigenvalue weighted by Gasteiger charge is 2.03. The van der Waals surface area contributed by atoms with E-state index in [1.807, 2.05) is 10.6 Å². The maximum Gasteiger partial charge on any atom is 0.181 e. The van der Waals surface area contributed by atoms with Gasteiger partial charge in [0.25, 0.3) is 0 Å². The Hall–Kier alpha value is -1.88. The monoisotopic (exact) mass is 220 g/mol. The third kappa shape index (κ3) is 2.58. The maximum atomic E-state index is 10.9. The summed E-state index contributed by atoms with van der Waals surface area (Å²) in [5.41, 5.74) is 0.798. The van der Waals surface area contributed by atoms with Gasteiger partial charge in [-0.1, -0.05) is 5.16 Å². The predicted molar refractivity (Wildman–Crippen MR) is 57.0 cm³/mol. The molecular formula is C11H12N2O3. The number of methoxy groups -OCH3 is 1. The van der Waals surface area contributed by atoms with Crippen molar-refractivity contribution in [3.8, 4) is 0 Å². The third-order valence-electron chi connectivity index (χ3n) is 2.10. The van der Waals surface area contributed by atoms with Gasteiger partial charge in [0.15, 0.2) is 11.2 Å². The highest BCUT2D eigenvalue weighted by molar-refractivity contribution is 5.06. The number of ether oxygens (including phenoxy) is 1. The summed E-state index contributed by atoms with van der Waals surface area (Å²) in [6.45, 7) is 0.991. The molecule has 0 saturated heterocycles. The summed E-state index contributed by atoms with van der Waals surface area (Å²) < 4.78 is 11.8. The van der Waals surface area contributed by atoms with Gasteiger partial charge in [-0.2, -0.15) is 0 Å². The molecule has 0 bridgehead atoms. The number of pyridine rings is 1. The van der Waals surface area contributed by atoms with Crippen molar-refractivity contribution in [1.29, 1.82) is 0 Å². The second-order valence-electron chi connectivity index (χ2n) is 3.42. The van der Waals surface area contributed by atoms with E-state index in [0.29, 0.717) is 18.9 Å². The molecule has 0 aliphatic rings. The van der Waals surface area contributed by atoms with Gasteiger partial charge >= 0.3 is 0 Å². The Morgan fingerprint density at radius 3 is 2.88 bits per heavy atom. The van der Waals surface area contributed by atoms with Crippen LogP contribution >= 0.6 is 0 Å². The number of hydrogen-bond donors (Lipinski definition) is 0. The van der Waals surface area contributed by atoms with E-state index in [9.17, 15) is 4.79 Å². The molecule has 84 valence electrons. The molecule has 5 nitrogen and oxygen atoms in total. The average Bonchev–Trinajstić information content (AvgIpc) is 2.70. The fourth-order valence-electron chi connectivity index (χ4n) is 1.38. The molecule has 0 aliphatic carbocycles. The van der Waals surface area contributed by atoms with E-state index in [1.165, 1.54) is 12.1 Å². The van der Waals surface area contributed by atoms with Crippen LogP contribution in [0.1, 0.15) is 11.5 Å². The molecule has 0 amide bonds. The molecule has 2 aromatic rings. The van der Waals surface area contributed by atoms with Gasteiger partial charge in [0.1, 0.15) is 12.3 Å². The van der Waals surface area contributed by atoms with Crippen LogP contribution in [-0.2, 0) is 17.9 Å². The van der Waals surface area contributed by atoms with Crippen LogP contribution in [0.5, 0.6) is 0 Å². The number of rotatable bonds is 4. The molecule has 0 radical (unpaired) electrons. The number of nitrogens with zero attached hydrogens (tertiary/aromatic N) is 2. The first-order valence-electron chi connectivity index (χ1n) is 4.87. The summed E-state index contributed by atoms with van der Waals surface area (Å²) in [4.78, 5) is 10.9. The molecule has 16 heavy (non-hydrogen) atoms. The van der Waals surface area contributed by atoms with Crippen LogP contribution in [0.25, 0.3) is 0 Å². The van der Waals surface area contributed by atoms with Crippen molar-refractivity contribution in [1.82, 2.24) is 9.72 Å². The Kier molecular flexibility index (Phi) is 3.16. The quantitative estimate of drug-likeness (QED) is 0.772. The van der Waals surface area contributed by atoms with E-state index in [4.69, 9.17) is 9.26 Å². The Balaban J connectivity index is 2.08. The Morgan fingerprint density at radius 2 is 2.19 bits per heavy atom. The first-order chi connectivity index (χ1) is 7.78. The molecule has 0 spiro atoms. The molecule has 0 aromatic carbocycles. The highest BCUT2D eigenvalue weighted by Crippen LogP contribution is 2.06. The summed E-state index contributed by atoms with van der Waals surface area (Å²) in [6, 6.07) is 4.86. The second-order valence-corrected chi connectivity index (χ2v) is 3.42. The second kappa shape index (κ2) is 4.76. The van der Waals surface area contributed by atoms with Crippen LogP contribution in [0.2, 0.25) is 0 Å². The van der Waals surface area contributed by atoms with E-state index < -0.39 is 0 Å². The molecule has 0 atom stereocenters. The minimum Gasteiger partial charge on any atom is -0.377 e. The molecule has 2 rings (SSSR count). The Bertz CT molecular complexity index is 495. The standard InChI is InChI=1S/C11H12N2O3/c1-15-8-11-6-9(12-16-11)7-13-4-2-10(14)3-5-13/h2-6H,7-8H2,1H3. The fourth-order valence-corrected chi connectivity index (χ4v) is 1.38. The summed E-state index contributed by atoms with van der Waals surface area (Å²) in [6.07, 6.45) is 3.43. The molecule has 2 heterocycles. The lowest BCUT2D eigenvalue weighted by atomic mass is 10.3. The average molecular weight is 220 g/mol. The molecule has 0 N–H and O–H groups in total. The summed E-state index contributed by atoms with van der Waals surface area (Å²) in [5.74, 6) is 0.693. The SMILES string of the molecule is COCc1cc(Cn2ccc(=O)cc2)no1. The first-order valence-corrected chi connectivity index (χ1v) is 4.87. The lowest BCUT2D eigenvalue weighted by Crippen LogP contribution is -2.04.